The fourth-order valence-electron chi connectivity index (χ4n) is 7.13. The Labute approximate surface area is 330 Å². The molecule has 5 N–H and O–H groups in total. The Kier molecular flexibility index (Phi) is 14.4. The Morgan fingerprint density at radius 3 is 2.18 bits per heavy atom. The molecule has 0 aromatic heterocycles. The number of carbonyl (C=O) groups excluding carboxylic acids is 2. The standard InChI is InChI=1S/C47H54N4O5/c1-33(35-13-5-3-6-14-35)51(2)31-40-29-44(37-23-21-34(32-52)22-24-37)56-47(55-40)38-27-25-36(26-28-38)41-16-10-9-15-39(41)30-49-45(53)19-7-4-8-20-46(54)50-43-18-12-11-17-42(43)48/h3,5-6,9-18,21-28,33,40,44,47,52H,4,7-8,19-20,29-32,48H2,1-2H3,(H,49,53)(H,50,54)/t33-,40+,44-,47-/m0/s1. The summed E-state index contributed by atoms with van der Waals surface area (Å²) in [7, 11) is 2.14. The van der Waals surface area contributed by atoms with E-state index in [1.165, 1.54) is 5.56 Å². The van der Waals surface area contributed by atoms with Gasteiger partial charge in [-0.05, 0) is 72.3 Å². The number of nitrogens with zero attached hydrogens (tertiary/aromatic N) is 1. The highest BCUT2D eigenvalue weighted by atomic mass is 16.7. The van der Waals surface area contributed by atoms with Crippen LogP contribution in [0.2, 0.25) is 0 Å². The molecule has 0 aliphatic carbocycles. The molecule has 0 bridgehead atoms. The third kappa shape index (κ3) is 11.1. The van der Waals surface area contributed by atoms with Crippen LogP contribution in [0.1, 0.15) is 91.7 Å². The lowest BCUT2D eigenvalue weighted by Gasteiger charge is -2.39. The molecule has 5 aromatic rings. The molecule has 0 saturated carbocycles. The fraction of sp³-hybridized carbons (Fsp3) is 0.319. The number of aliphatic hydroxyl groups excluding tert-OH is 1. The third-order valence-corrected chi connectivity index (χ3v) is 10.6. The second kappa shape index (κ2) is 20.0. The van der Waals surface area contributed by atoms with Crippen molar-refractivity contribution in [2.24, 2.45) is 0 Å². The molecule has 9 heteroatoms. The number of benzene rings is 5. The Balaban J connectivity index is 1.04. The first-order chi connectivity index (χ1) is 27.3. The van der Waals surface area contributed by atoms with Gasteiger partial charge < -0.3 is 30.9 Å². The first kappa shape index (κ1) is 40.3. The molecule has 292 valence electrons. The molecule has 56 heavy (non-hydrogen) atoms. The van der Waals surface area contributed by atoms with Crippen molar-refractivity contribution in [2.75, 3.05) is 24.6 Å². The number of nitrogens with two attached hydrogens (primary N) is 1. The molecule has 5 aromatic carbocycles. The fourth-order valence-corrected chi connectivity index (χ4v) is 7.13. The van der Waals surface area contributed by atoms with Gasteiger partial charge in [-0.25, -0.2) is 0 Å². The monoisotopic (exact) mass is 754 g/mol. The van der Waals surface area contributed by atoms with E-state index in [9.17, 15) is 14.7 Å². The van der Waals surface area contributed by atoms with Crippen molar-refractivity contribution in [2.45, 2.75) is 83.1 Å². The molecule has 1 heterocycles. The van der Waals surface area contributed by atoms with Crippen LogP contribution in [0.4, 0.5) is 11.4 Å². The number of amides is 2. The number of anilines is 2. The van der Waals surface area contributed by atoms with Crippen molar-refractivity contribution in [3.63, 3.8) is 0 Å². The summed E-state index contributed by atoms with van der Waals surface area (Å²) in [5.41, 5.74) is 14.3. The summed E-state index contributed by atoms with van der Waals surface area (Å²) < 4.78 is 13.3. The number of para-hydroxylation sites is 2. The van der Waals surface area contributed by atoms with E-state index in [1.807, 2.05) is 60.7 Å². The van der Waals surface area contributed by atoms with Gasteiger partial charge in [0.1, 0.15) is 0 Å². The lowest BCUT2D eigenvalue weighted by molar-refractivity contribution is -0.253. The number of hydrogen-bond acceptors (Lipinski definition) is 7. The zero-order chi connectivity index (χ0) is 39.3. The first-order valence-corrected chi connectivity index (χ1v) is 19.6. The number of likely N-dealkylation sites (N-methyl/N-ethyl adjacent to an activating group) is 1. The van der Waals surface area contributed by atoms with E-state index in [0.717, 1.165) is 46.3 Å². The predicted molar refractivity (Wildman–Crippen MR) is 222 cm³/mol. The van der Waals surface area contributed by atoms with Gasteiger partial charge in [0.05, 0.1) is 30.2 Å². The highest BCUT2D eigenvalue weighted by molar-refractivity contribution is 5.93. The lowest BCUT2D eigenvalue weighted by atomic mass is 9.97. The molecule has 0 radical (unpaired) electrons. The summed E-state index contributed by atoms with van der Waals surface area (Å²) in [6.07, 6.45) is 2.88. The van der Waals surface area contributed by atoms with Gasteiger partial charge in [-0.3, -0.25) is 14.5 Å². The molecule has 9 nitrogen and oxygen atoms in total. The van der Waals surface area contributed by atoms with Gasteiger partial charge in [-0.15, -0.1) is 0 Å². The number of unbranched alkanes of at least 4 members (excludes halogenated alkanes) is 2. The first-order valence-electron chi connectivity index (χ1n) is 19.6. The summed E-state index contributed by atoms with van der Waals surface area (Å²) >= 11 is 0. The minimum atomic E-state index is -0.558. The number of carbonyl (C=O) groups is 2. The minimum Gasteiger partial charge on any atom is -0.397 e. The highest BCUT2D eigenvalue weighted by Crippen LogP contribution is 2.39. The van der Waals surface area contributed by atoms with Gasteiger partial charge >= 0.3 is 0 Å². The molecule has 6 rings (SSSR count). The van der Waals surface area contributed by atoms with E-state index in [-0.39, 0.29) is 36.7 Å². The van der Waals surface area contributed by atoms with Crippen LogP contribution < -0.4 is 16.4 Å². The van der Waals surface area contributed by atoms with Crippen molar-refractivity contribution in [3.8, 4) is 11.1 Å². The second-order valence-corrected chi connectivity index (χ2v) is 14.6. The van der Waals surface area contributed by atoms with E-state index < -0.39 is 6.29 Å². The molecule has 1 aliphatic rings. The van der Waals surface area contributed by atoms with Gasteiger partial charge in [0.25, 0.3) is 0 Å². The molecule has 0 unspecified atom stereocenters. The second-order valence-electron chi connectivity index (χ2n) is 14.6. The SMILES string of the molecule is C[C@@H](c1ccccc1)N(C)C[C@H]1C[C@@H](c2ccc(CO)cc2)O[C@@H](c2ccc(-c3ccccc3CNC(=O)CCCCCC(=O)Nc3ccccc3N)cc2)O1. The lowest BCUT2D eigenvalue weighted by Crippen LogP contribution is -2.38. The summed E-state index contributed by atoms with van der Waals surface area (Å²) in [5, 5.41) is 15.5. The Hall–Kier alpha value is -5.32. The number of nitrogens with one attached hydrogen (secondary N) is 2. The molecular weight excluding hydrogens is 701 g/mol. The smallest absolute Gasteiger partial charge is 0.224 e. The average molecular weight is 755 g/mol. The van der Waals surface area contributed by atoms with Gasteiger partial charge in [-0.2, -0.15) is 0 Å². The van der Waals surface area contributed by atoms with Crippen LogP contribution in [0.25, 0.3) is 11.1 Å². The normalized spacial score (nSPS) is 17.3. The van der Waals surface area contributed by atoms with Crippen molar-refractivity contribution in [3.05, 3.63) is 155 Å². The van der Waals surface area contributed by atoms with Crippen LogP contribution in [-0.4, -0.2) is 41.5 Å². The number of aliphatic hydroxyl groups is 1. The van der Waals surface area contributed by atoms with E-state index in [2.05, 4.69) is 84.1 Å². The van der Waals surface area contributed by atoms with Crippen LogP contribution >= 0.6 is 0 Å². The number of ether oxygens (including phenoxy) is 2. The van der Waals surface area contributed by atoms with Gasteiger partial charge in [0.15, 0.2) is 6.29 Å². The van der Waals surface area contributed by atoms with Crippen LogP contribution in [0.5, 0.6) is 0 Å². The summed E-state index contributed by atoms with van der Waals surface area (Å²) in [6, 6.07) is 42.3. The number of hydrogen-bond donors (Lipinski definition) is 4. The van der Waals surface area contributed by atoms with E-state index >= 15 is 0 Å². The highest BCUT2D eigenvalue weighted by Gasteiger charge is 2.33. The maximum absolute atomic E-state index is 12.8. The zero-order valence-corrected chi connectivity index (χ0v) is 32.4. The molecule has 1 aliphatic heterocycles. The molecule has 4 atom stereocenters. The van der Waals surface area contributed by atoms with E-state index in [0.29, 0.717) is 50.0 Å². The van der Waals surface area contributed by atoms with Crippen LogP contribution in [0.3, 0.4) is 0 Å². The van der Waals surface area contributed by atoms with Gasteiger partial charge in [0.2, 0.25) is 11.8 Å². The van der Waals surface area contributed by atoms with Crippen LogP contribution in [0, 0.1) is 0 Å². The maximum Gasteiger partial charge on any atom is 0.224 e. The van der Waals surface area contributed by atoms with Crippen molar-refractivity contribution >= 4 is 23.2 Å². The van der Waals surface area contributed by atoms with Crippen molar-refractivity contribution in [1.29, 1.82) is 0 Å². The molecule has 2 amide bonds. The summed E-state index contributed by atoms with van der Waals surface area (Å²) in [6.45, 7) is 3.37. The Bertz CT molecular complexity index is 2000. The van der Waals surface area contributed by atoms with E-state index in [4.69, 9.17) is 15.2 Å². The topological polar surface area (TPSA) is 126 Å². The molecule has 1 fully saturated rings. The average Bonchev–Trinajstić information content (AvgIpc) is 3.23. The predicted octanol–water partition coefficient (Wildman–Crippen LogP) is 8.87. The summed E-state index contributed by atoms with van der Waals surface area (Å²) in [5.74, 6) is -0.0893. The van der Waals surface area contributed by atoms with Crippen molar-refractivity contribution < 1.29 is 24.2 Å². The number of nitrogen functional groups attached to an aromatic ring is 1. The molecular formula is C47H54N4O5. The third-order valence-electron chi connectivity index (χ3n) is 10.6. The largest absolute Gasteiger partial charge is 0.397 e. The zero-order valence-electron chi connectivity index (χ0n) is 32.4. The maximum atomic E-state index is 12.8. The quantitative estimate of drug-likeness (QED) is 0.0552. The number of rotatable bonds is 17. The van der Waals surface area contributed by atoms with Crippen molar-refractivity contribution in [1.82, 2.24) is 10.2 Å². The van der Waals surface area contributed by atoms with Crippen LogP contribution in [-0.2, 0) is 32.2 Å². The minimum absolute atomic E-state index is 0.000254. The van der Waals surface area contributed by atoms with Gasteiger partial charge in [-0.1, -0.05) is 122 Å². The Morgan fingerprint density at radius 2 is 1.45 bits per heavy atom. The summed E-state index contributed by atoms with van der Waals surface area (Å²) in [4.78, 5) is 27.4. The molecule has 0 spiro atoms. The van der Waals surface area contributed by atoms with E-state index in [1.54, 1.807) is 12.1 Å². The van der Waals surface area contributed by atoms with Gasteiger partial charge in [0, 0.05) is 44.0 Å². The Morgan fingerprint density at radius 1 is 0.786 bits per heavy atom. The van der Waals surface area contributed by atoms with Crippen LogP contribution in [0.15, 0.2) is 127 Å². The molecule has 1 saturated heterocycles.